The van der Waals surface area contributed by atoms with E-state index in [1.54, 1.807) is 17.6 Å². The van der Waals surface area contributed by atoms with Gasteiger partial charge in [-0.1, -0.05) is 6.07 Å². The number of nitrogens with one attached hydrogen (secondary N) is 1. The molecular weight excluding hydrogens is 346 g/mol. The number of likely N-dealkylation sites (N-methyl/N-ethyl adjacent to an activating group) is 1. The molecule has 6 heteroatoms. The minimum Gasteiger partial charge on any atom is -0.468 e. The fourth-order valence-corrected chi connectivity index (χ4v) is 3.83. The van der Waals surface area contributed by atoms with Crippen molar-refractivity contribution in [2.45, 2.75) is 26.4 Å². The summed E-state index contributed by atoms with van der Waals surface area (Å²) in [7, 11) is 3.96. The zero-order valence-electron chi connectivity index (χ0n) is 15.7. The molecular formula is C20H25N3O2S. The topological polar surface area (TPSA) is 50.4 Å². The second kappa shape index (κ2) is 7.93. The maximum absolute atomic E-state index is 12.8. The molecule has 0 spiro atoms. The quantitative estimate of drug-likeness (QED) is 0.686. The first kappa shape index (κ1) is 18.5. The van der Waals surface area contributed by atoms with Crippen LogP contribution in [-0.2, 0) is 6.54 Å². The lowest BCUT2D eigenvalue weighted by Crippen LogP contribution is -2.34. The Morgan fingerprint density at radius 1 is 1.31 bits per heavy atom. The molecule has 1 amide bonds. The third-order valence-electron chi connectivity index (χ3n) is 4.66. The van der Waals surface area contributed by atoms with E-state index >= 15 is 0 Å². The predicted molar refractivity (Wildman–Crippen MR) is 105 cm³/mol. The molecule has 0 aromatic carbocycles. The van der Waals surface area contributed by atoms with E-state index in [-0.39, 0.29) is 11.9 Å². The van der Waals surface area contributed by atoms with Crippen LogP contribution >= 0.6 is 11.3 Å². The monoisotopic (exact) mass is 371 g/mol. The Kier molecular flexibility index (Phi) is 5.64. The number of aryl methyl sites for hydroxylation is 1. The van der Waals surface area contributed by atoms with Gasteiger partial charge in [-0.3, -0.25) is 9.69 Å². The molecule has 0 radical (unpaired) electrons. The molecule has 1 unspecified atom stereocenters. The number of hydrogen-bond acceptors (Lipinski definition) is 4. The number of carbonyl (C=O) groups is 1. The van der Waals surface area contributed by atoms with Crippen molar-refractivity contribution in [1.29, 1.82) is 0 Å². The molecule has 0 aliphatic heterocycles. The van der Waals surface area contributed by atoms with Gasteiger partial charge in [-0.15, -0.1) is 11.3 Å². The van der Waals surface area contributed by atoms with Crippen molar-refractivity contribution in [3.05, 3.63) is 69.6 Å². The number of nitrogens with zero attached hydrogens (tertiary/aromatic N) is 2. The third-order valence-corrected chi connectivity index (χ3v) is 5.52. The average Bonchev–Trinajstić information content (AvgIpc) is 3.34. The van der Waals surface area contributed by atoms with Gasteiger partial charge in [0.2, 0.25) is 0 Å². The molecule has 3 aromatic rings. The standard InChI is InChI=1S/C20H25N3O2S/c1-14-11-17(15(2)23(14)13-16-7-6-10-26-16)20(24)21-12-18(22(3)4)19-8-5-9-25-19/h5-11,18H,12-13H2,1-4H3,(H,21,24). The van der Waals surface area contributed by atoms with Gasteiger partial charge in [-0.2, -0.15) is 0 Å². The van der Waals surface area contributed by atoms with Crippen molar-refractivity contribution >= 4 is 17.2 Å². The minimum absolute atomic E-state index is 0.00329. The first-order chi connectivity index (χ1) is 12.5. The van der Waals surface area contributed by atoms with Crippen LogP contribution in [0.3, 0.4) is 0 Å². The Labute approximate surface area is 158 Å². The summed E-state index contributed by atoms with van der Waals surface area (Å²) in [5.41, 5.74) is 2.82. The third kappa shape index (κ3) is 3.92. The van der Waals surface area contributed by atoms with Crippen LogP contribution in [0.25, 0.3) is 0 Å². The Morgan fingerprint density at radius 2 is 2.12 bits per heavy atom. The van der Waals surface area contributed by atoms with Crippen LogP contribution in [0.4, 0.5) is 0 Å². The molecule has 0 saturated carbocycles. The van der Waals surface area contributed by atoms with Crippen molar-refractivity contribution in [3.8, 4) is 0 Å². The SMILES string of the molecule is Cc1cc(C(=O)NCC(c2ccco2)N(C)C)c(C)n1Cc1cccs1. The Bertz CT molecular complexity index is 848. The van der Waals surface area contributed by atoms with Crippen LogP contribution in [0.15, 0.2) is 46.4 Å². The van der Waals surface area contributed by atoms with Gasteiger partial charge < -0.3 is 14.3 Å². The average molecular weight is 372 g/mol. The lowest BCUT2D eigenvalue weighted by molar-refractivity contribution is 0.0938. The molecule has 0 fully saturated rings. The summed E-state index contributed by atoms with van der Waals surface area (Å²) in [6.07, 6.45) is 1.66. The molecule has 0 saturated heterocycles. The van der Waals surface area contributed by atoms with Crippen LogP contribution in [-0.4, -0.2) is 36.0 Å². The zero-order chi connectivity index (χ0) is 18.7. The highest BCUT2D eigenvalue weighted by atomic mass is 32.1. The van der Waals surface area contributed by atoms with Crippen LogP contribution in [0, 0.1) is 13.8 Å². The minimum atomic E-state index is -0.0473. The van der Waals surface area contributed by atoms with Crippen molar-refractivity contribution in [3.63, 3.8) is 0 Å². The summed E-state index contributed by atoms with van der Waals surface area (Å²) in [5, 5.41) is 5.13. The molecule has 1 atom stereocenters. The van der Waals surface area contributed by atoms with Gasteiger partial charge in [-0.05, 0) is 57.6 Å². The molecule has 138 valence electrons. The summed E-state index contributed by atoms with van der Waals surface area (Å²) in [6.45, 7) is 5.34. The summed E-state index contributed by atoms with van der Waals surface area (Å²) in [5.74, 6) is 0.799. The van der Waals surface area contributed by atoms with Gasteiger partial charge in [0, 0.05) is 22.8 Å². The van der Waals surface area contributed by atoms with Crippen LogP contribution in [0.1, 0.15) is 38.4 Å². The number of hydrogen-bond donors (Lipinski definition) is 1. The summed E-state index contributed by atoms with van der Waals surface area (Å²) in [6, 6.07) is 9.95. The molecule has 3 aromatic heterocycles. The van der Waals surface area contributed by atoms with Crippen molar-refractivity contribution in [2.24, 2.45) is 0 Å². The van der Waals surface area contributed by atoms with Crippen molar-refractivity contribution in [1.82, 2.24) is 14.8 Å². The van der Waals surface area contributed by atoms with Gasteiger partial charge >= 0.3 is 0 Å². The highest BCUT2D eigenvalue weighted by Gasteiger charge is 2.20. The Balaban J connectivity index is 1.72. The van der Waals surface area contributed by atoms with E-state index in [2.05, 4.69) is 27.4 Å². The lowest BCUT2D eigenvalue weighted by Gasteiger charge is -2.22. The van der Waals surface area contributed by atoms with E-state index in [4.69, 9.17) is 4.42 Å². The first-order valence-electron chi connectivity index (χ1n) is 8.64. The van der Waals surface area contributed by atoms with E-state index in [0.717, 1.165) is 29.3 Å². The number of carbonyl (C=O) groups excluding carboxylic acids is 1. The molecule has 0 bridgehead atoms. The zero-order valence-corrected chi connectivity index (χ0v) is 16.5. The summed E-state index contributed by atoms with van der Waals surface area (Å²) < 4.78 is 7.70. The number of aromatic nitrogens is 1. The van der Waals surface area contributed by atoms with Crippen LogP contribution in [0.5, 0.6) is 0 Å². The molecule has 26 heavy (non-hydrogen) atoms. The molecule has 0 aliphatic carbocycles. The van der Waals surface area contributed by atoms with Gasteiger partial charge in [0.1, 0.15) is 5.76 Å². The first-order valence-corrected chi connectivity index (χ1v) is 9.52. The van der Waals surface area contributed by atoms with E-state index < -0.39 is 0 Å². The fourth-order valence-electron chi connectivity index (χ4n) is 3.14. The normalized spacial score (nSPS) is 12.5. The van der Waals surface area contributed by atoms with Gasteiger partial charge in [0.25, 0.3) is 5.91 Å². The van der Waals surface area contributed by atoms with E-state index in [1.165, 1.54) is 4.88 Å². The van der Waals surface area contributed by atoms with Crippen LogP contribution < -0.4 is 5.32 Å². The summed E-state index contributed by atoms with van der Waals surface area (Å²) in [4.78, 5) is 16.1. The molecule has 5 nitrogen and oxygen atoms in total. The van der Waals surface area contributed by atoms with E-state index in [0.29, 0.717) is 6.54 Å². The molecule has 3 heterocycles. The lowest BCUT2D eigenvalue weighted by atomic mass is 10.2. The highest BCUT2D eigenvalue weighted by Crippen LogP contribution is 2.21. The van der Waals surface area contributed by atoms with Crippen molar-refractivity contribution < 1.29 is 9.21 Å². The summed E-state index contributed by atoms with van der Waals surface area (Å²) >= 11 is 1.73. The number of amides is 1. The Morgan fingerprint density at radius 3 is 2.73 bits per heavy atom. The van der Waals surface area contributed by atoms with Gasteiger partial charge in [0.15, 0.2) is 0 Å². The number of furan rings is 1. The van der Waals surface area contributed by atoms with Crippen molar-refractivity contribution in [2.75, 3.05) is 20.6 Å². The van der Waals surface area contributed by atoms with Crippen LogP contribution in [0.2, 0.25) is 0 Å². The maximum atomic E-state index is 12.8. The maximum Gasteiger partial charge on any atom is 0.253 e. The van der Waals surface area contributed by atoms with E-state index in [1.807, 2.05) is 51.0 Å². The smallest absolute Gasteiger partial charge is 0.253 e. The van der Waals surface area contributed by atoms with Gasteiger partial charge in [0.05, 0.1) is 24.4 Å². The fraction of sp³-hybridized carbons (Fsp3) is 0.350. The predicted octanol–water partition coefficient (Wildman–Crippen LogP) is 3.84. The second-order valence-electron chi connectivity index (χ2n) is 6.66. The second-order valence-corrected chi connectivity index (χ2v) is 7.69. The molecule has 3 rings (SSSR count). The van der Waals surface area contributed by atoms with E-state index in [9.17, 15) is 4.79 Å². The van der Waals surface area contributed by atoms with Gasteiger partial charge in [-0.25, -0.2) is 0 Å². The number of rotatable bonds is 7. The molecule has 1 N–H and O–H groups in total. The number of thiophene rings is 1. The largest absolute Gasteiger partial charge is 0.468 e. The molecule has 0 aliphatic rings. The highest BCUT2D eigenvalue weighted by molar-refractivity contribution is 7.09. The Hall–Kier alpha value is -2.31.